The molecule has 0 bridgehead atoms. The van der Waals surface area contributed by atoms with Gasteiger partial charge in [-0.2, -0.15) is 4.31 Å². The molecule has 1 fully saturated rings. The summed E-state index contributed by atoms with van der Waals surface area (Å²) in [5.74, 6) is 0. The van der Waals surface area contributed by atoms with E-state index in [-0.39, 0.29) is 11.0 Å². The van der Waals surface area contributed by atoms with Crippen LogP contribution in [0.5, 0.6) is 0 Å². The molecular formula is C13H16ClNO4S. The first-order chi connectivity index (χ1) is 9.39. The number of halogens is 1. The molecule has 1 heterocycles. The maximum absolute atomic E-state index is 12.4. The summed E-state index contributed by atoms with van der Waals surface area (Å²) in [4.78, 5) is 10.9. The molecular weight excluding hydrogens is 302 g/mol. The molecule has 5 nitrogen and oxygen atoms in total. The predicted octanol–water partition coefficient (Wildman–Crippen LogP) is 2.52. The standard InChI is InChI=1S/C13H16ClNO4S/c1-10-2-4-12(5-3-10)20(17,18)15-8-6-11(7-9-15)19-13(14)16/h2-5,11H,6-9H2,1H3. The fraction of sp³-hybridized carbons (Fsp3) is 0.462. The van der Waals surface area contributed by atoms with Crippen LogP contribution in [0.25, 0.3) is 0 Å². The number of hydrogen-bond donors (Lipinski definition) is 0. The third kappa shape index (κ3) is 3.50. The highest BCUT2D eigenvalue weighted by molar-refractivity contribution is 7.89. The highest BCUT2D eigenvalue weighted by Crippen LogP contribution is 2.22. The van der Waals surface area contributed by atoms with Crippen molar-refractivity contribution >= 4 is 27.1 Å². The van der Waals surface area contributed by atoms with Gasteiger partial charge in [-0.1, -0.05) is 17.7 Å². The van der Waals surface area contributed by atoms with Crippen LogP contribution in [0.15, 0.2) is 29.2 Å². The van der Waals surface area contributed by atoms with Crippen molar-refractivity contribution in [1.29, 1.82) is 0 Å². The Bertz CT molecular complexity index is 577. The number of sulfonamides is 1. The molecule has 110 valence electrons. The summed E-state index contributed by atoms with van der Waals surface area (Å²) in [6.45, 7) is 2.55. The number of aryl methyl sites for hydroxylation is 1. The average Bonchev–Trinajstić information content (AvgIpc) is 2.39. The Hall–Kier alpha value is -1.11. The van der Waals surface area contributed by atoms with Gasteiger partial charge in [0.1, 0.15) is 6.10 Å². The lowest BCUT2D eigenvalue weighted by atomic mass is 10.1. The van der Waals surface area contributed by atoms with E-state index in [1.165, 1.54) is 4.31 Å². The van der Waals surface area contributed by atoms with Gasteiger partial charge in [-0.3, -0.25) is 0 Å². The van der Waals surface area contributed by atoms with Crippen molar-refractivity contribution < 1.29 is 17.9 Å². The molecule has 1 aliphatic rings. The van der Waals surface area contributed by atoms with E-state index in [2.05, 4.69) is 0 Å². The molecule has 0 aromatic heterocycles. The van der Waals surface area contributed by atoms with Gasteiger partial charge in [0.05, 0.1) is 4.90 Å². The molecule has 0 atom stereocenters. The summed E-state index contributed by atoms with van der Waals surface area (Å²) in [5.41, 5.74) is 0.168. The van der Waals surface area contributed by atoms with Crippen molar-refractivity contribution in [3.05, 3.63) is 29.8 Å². The minimum absolute atomic E-state index is 0.288. The van der Waals surface area contributed by atoms with Crippen molar-refractivity contribution in [3.63, 3.8) is 0 Å². The smallest absolute Gasteiger partial charge is 0.404 e. The first-order valence-electron chi connectivity index (χ1n) is 6.32. The van der Waals surface area contributed by atoms with Gasteiger partial charge in [-0.15, -0.1) is 0 Å². The fourth-order valence-electron chi connectivity index (χ4n) is 2.18. The molecule has 0 spiro atoms. The predicted molar refractivity (Wildman–Crippen MR) is 75.3 cm³/mol. The first-order valence-corrected chi connectivity index (χ1v) is 8.14. The second kappa shape index (κ2) is 6.11. The van der Waals surface area contributed by atoms with Crippen LogP contribution < -0.4 is 0 Å². The third-order valence-electron chi connectivity index (χ3n) is 3.32. The van der Waals surface area contributed by atoms with Crippen molar-refractivity contribution in [2.45, 2.75) is 30.8 Å². The number of ether oxygens (including phenoxy) is 1. The summed E-state index contributed by atoms with van der Waals surface area (Å²) in [7, 11) is -3.47. The summed E-state index contributed by atoms with van der Waals surface area (Å²) in [5, 5.41) is 0. The van der Waals surface area contributed by atoms with Crippen LogP contribution in [-0.4, -0.2) is 37.3 Å². The molecule has 1 aromatic rings. The van der Waals surface area contributed by atoms with Crippen molar-refractivity contribution in [3.8, 4) is 0 Å². The Labute approximate surface area is 123 Å². The van der Waals surface area contributed by atoms with E-state index in [0.29, 0.717) is 25.9 Å². The molecule has 0 radical (unpaired) electrons. The minimum atomic E-state index is -3.47. The Morgan fingerprint density at radius 3 is 2.30 bits per heavy atom. The van der Waals surface area contributed by atoms with Gasteiger partial charge in [0.15, 0.2) is 0 Å². The van der Waals surface area contributed by atoms with Crippen LogP contribution in [0.2, 0.25) is 0 Å². The topological polar surface area (TPSA) is 63.7 Å². The molecule has 1 saturated heterocycles. The lowest BCUT2D eigenvalue weighted by molar-refractivity contribution is 0.0855. The number of benzene rings is 1. The molecule has 0 unspecified atom stereocenters. The lowest BCUT2D eigenvalue weighted by Crippen LogP contribution is -2.41. The van der Waals surface area contributed by atoms with Gasteiger partial charge in [0, 0.05) is 24.7 Å². The summed E-state index contributed by atoms with van der Waals surface area (Å²) in [6.07, 6.45) is 0.622. The number of carbonyl (C=O) groups excluding carboxylic acids is 1. The molecule has 1 aromatic carbocycles. The van der Waals surface area contributed by atoms with Crippen molar-refractivity contribution in [1.82, 2.24) is 4.31 Å². The Balaban J connectivity index is 2.05. The normalized spacial score (nSPS) is 17.9. The van der Waals surface area contributed by atoms with E-state index in [1.807, 2.05) is 6.92 Å². The second-order valence-electron chi connectivity index (χ2n) is 4.77. The van der Waals surface area contributed by atoms with Crippen LogP contribution in [0.4, 0.5) is 4.79 Å². The first kappa shape index (κ1) is 15.3. The Morgan fingerprint density at radius 2 is 1.80 bits per heavy atom. The molecule has 0 amide bonds. The fourth-order valence-corrected chi connectivity index (χ4v) is 3.78. The number of nitrogens with zero attached hydrogens (tertiary/aromatic N) is 1. The van der Waals surface area contributed by atoms with Gasteiger partial charge >= 0.3 is 5.43 Å². The zero-order valence-corrected chi connectivity index (χ0v) is 12.7. The highest BCUT2D eigenvalue weighted by atomic mass is 35.5. The number of piperidine rings is 1. The summed E-state index contributed by atoms with van der Waals surface area (Å²) < 4.78 is 31.1. The molecule has 1 aliphatic heterocycles. The van der Waals surface area contributed by atoms with Crippen molar-refractivity contribution in [2.75, 3.05) is 13.1 Å². The monoisotopic (exact) mass is 317 g/mol. The van der Waals surface area contributed by atoms with E-state index < -0.39 is 15.5 Å². The van der Waals surface area contributed by atoms with E-state index >= 15 is 0 Å². The maximum atomic E-state index is 12.4. The van der Waals surface area contributed by atoms with Gasteiger partial charge < -0.3 is 4.74 Å². The SMILES string of the molecule is Cc1ccc(S(=O)(=O)N2CCC(OC(=O)Cl)CC2)cc1. The third-order valence-corrected chi connectivity index (χ3v) is 5.32. The van der Waals surface area contributed by atoms with Crippen LogP contribution in [0.3, 0.4) is 0 Å². The summed E-state index contributed by atoms with van der Waals surface area (Å²) >= 11 is 5.16. The summed E-state index contributed by atoms with van der Waals surface area (Å²) in [6, 6.07) is 6.76. The molecule has 0 aliphatic carbocycles. The molecule has 2 rings (SSSR count). The van der Waals surface area contributed by atoms with E-state index in [0.717, 1.165) is 5.56 Å². The van der Waals surface area contributed by atoms with Gasteiger partial charge in [-0.25, -0.2) is 13.2 Å². The quantitative estimate of drug-likeness (QED) is 0.804. The zero-order chi connectivity index (χ0) is 14.8. The van der Waals surface area contributed by atoms with Crippen LogP contribution in [0.1, 0.15) is 18.4 Å². The van der Waals surface area contributed by atoms with Gasteiger partial charge in [0.2, 0.25) is 10.0 Å². The Morgan fingerprint density at radius 1 is 1.25 bits per heavy atom. The molecule has 0 saturated carbocycles. The van der Waals surface area contributed by atoms with Crippen LogP contribution >= 0.6 is 11.6 Å². The van der Waals surface area contributed by atoms with Crippen LogP contribution in [-0.2, 0) is 14.8 Å². The largest absolute Gasteiger partial charge is 0.450 e. The van der Waals surface area contributed by atoms with Gasteiger partial charge in [0.25, 0.3) is 0 Å². The lowest BCUT2D eigenvalue weighted by Gasteiger charge is -2.30. The number of rotatable bonds is 3. The van der Waals surface area contributed by atoms with Crippen molar-refractivity contribution in [2.24, 2.45) is 0 Å². The Kier molecular flexibility index (Phi) is 4.67. The average molecular weight is 318 g/mol. The van der Waals surface area contributed by atoms with E-state index in [9.17, 15) is 13.2 Å². The highest BCUT2D eigenvalue weighted by Gasteiger charge is 2.30. The zero-order valence-electron chi connectivity index (χ0n) is 11.1. The van der Waals surface area contributed by atoms with Gasteiger partial charge in [-0.05, 0) is 31.9 Å². The van der Waals surface area contributed by atoms with Crippen LogP contribution in [0, 0.1) is 6.92 Å². The second-order valence-corrected chi connectivity index (χ2v) is 7.02. The molecule has 0 N–H and O–H groups in total. The number of carbonyl (C=O) groups is 1. The van der Waals surface area contributed by atoms with E-state index in [4.69, 9.17) is 16.3 Å². The maximum Gasteiger partial charge on any atom is 0.404 e. The number of hydrogen-bond acceptors (Lipinski definition) is 4. The van der Waals surface area contributed by atoms with E-state index in [1.54, 1.807) is 24.3 Å². The minimum Gasteiger partial charge on any atom is -0.450 e. The molecule has 20 heavy (non-hydrogen) atoms. The molecule has 7 heteroatoms.